The van der Waals surface area contributed by atoms with Crippen molar-refractivity contribution in [1.82, 2.24) is 0 Å². The van der Waals surface area contributed by atoms with Crippen LogP contribution in [0.25, 0.3) is 22.3 Å². The van der Waals surface area contributed by atoms with Crippen molar-refractivity contribution in [2.45, 2.75) is 128 Å². The fraction of sp³-hybridized carbons (Fsp3) is 0.449. The molecule has 0 aromatic heterocycles. The number of carbonyl (C=O) groups is 1. The van der Waals surface area contributed by atoms with E-state index in [1.807, 2.05) is 36.4 Å². The van der Waals surface area contributed by atoms with Gasteiger partial charge in [0.25, 0.3) is 0 Å². The fourth-order valence-electron chi connectivity index (χ4n) is 8.36. The molecule has 4 aromatic rings. The van der Waals surface area contributed by atoms with Gasteiger partial charge in [-0.2, -0.15) is 0 Å². The van der Waals surface area contributed by atoms with E-state index in [9.17, 15) is 9.90 Å². The normalized spacial score (nSPS) is 20.0. The zero-order valence-electron chi connectivity index (χ0n) is 31.9. The van der Waals surface area contributed by atoms with Crippen molar-refractivity contribution < 1.29 is 14.6 Å². The minimum Gasteiger partial charge on any atom is -0.508 e. The van der Waals surface area contributed by atoms with Crippen LogP contribution in [0.3, 0.4) is 0 Å². The topological polar surface area (TPSA) is 46.5 Å². The molecule has 0 bridgehead atoms. The molecule has 0 atom stereocenters. The molecule has 2 aliphatic carbocycles. The third-order valence-corrected chi connectivity index (χ3v) is 11.7. The summed E-state index contributed by atoms with van der Waals surface area (Å²) in [5.74, 6) is 3.84. The Morgan fingerprint density at radius 1 is 0.577 bits per heavy atom. The summed E-state index contributed by atoms with van der Waals surface area (Å²) in [5.41, 5.74) is 7.70. The van der Waals surface area contributed by atoms with Gasteiger partial charge in [-0.25, -0.2) is 4.79 Å². The predicted molar refractivity (Wildman–Crippen MR) is 219 cm³/mol. The molecule has 0 unspecified atom stereocenters. The molecule has 6 rings (SSSR count). The van der Waals surface area contributed by atoms with E-state index in [1.54, 1.807) is 12.1 Å². The lowest BCUT2D eigenvalue weighted by atomic mass is 9.77. The summed E-state index contributed by atoms with van der Waals surface area (Å²) in [5, 5.41) is 9.41. The van der Waals surface area contributed by atoms with E-state index in [1.165, 1.54) is 137 Å². The van der Waals surface area contributed by atoms with Crippen LogP contribution in [0, 0.1) is 11.8 Å². The van der Waals surface area contributed by atoms with Crippen molar-refractivity contribution in [3.05, 3.63) is 121 Å². The summed E-state index contributed by atoms with van der Waals surface area (Å²) >= 11 is 0. The highest BCUT2D eigenvalue weighted by Gasteiger charge is 2.23. The summed E-state index contributed by atoms with van der Waals surface area (Å²) in [4.78, 5) is 11.3. The maximum atomic E-state index is 11.3. The summed E-state index contributed by atoms with van der Waals surface area (Å²) in [6.45, 7) is 7.99. The molecule has 0 spiro atoms. The van der Waals surface area contributed by atoms with Gasteiger partial charge in [-0.15, -0.1) is 0 Å². The number of aromatic hydroxyl groups is 1. The molecule has 0 heterocycles. The number of esters is 1. The number of carbonyl (C=O) groups excluding carboxylic acids is 1. The van der Waals surface area contributed by atoms with E-state index in [2.05, 4.69) is 69.0 Å². The Labute approximate surface area is 314 Å². The minimum atomic E-state index is -0.433. The highest BCUT2D eigenvalue weighted by Crippen LogP contribution is 2.40. The summed E-state index contributed by atoms with van der Waals surface area (Å²) < 4.78 is 5.14. The molecule has 0 radical (unpaired) electrons. The van der Waals surface area contributed by atoms with Crippen molar-refractivity contribution >= 4 is 5.97 Å². The van der Waals surface area contributed by atoms with E-state index >= 15 is 0 Å². The van der Waals surface area contributed by atoms with Gasteiger partial charge in [0.1, 0.15) is 11.5 Å². The lowest BCUT2D eigenvalue weighted by Crippen LogP contribution is -2.13. The number of ether oxygens (including phenoxy) is 1. The number of hydrogen-bond donors (Lipinski definition) is 1. The highest BCUT2D eigenvalue weighted by atomic mass is 16.5. The standard InChI is InChI=1S/C26H32O2.C23H30O/c1-3-5-6-7-20-8-10-21(11-9-20)22-12-14-23(15-13-22)24-16-18-25(19-17-24)28-26(27)4-2;1-2-3-4-5-18-6-8-19(9-7-18)20-10-12-21(13-11-20)22-14-16-23(24)17-15-22/h4,12-21H,2-3,5-11H2,1H3;10-19,24H,2-9H2,1H3. The number of phenolic OH excluding ortho intramolecular Hbond substituents is 1. The lowest BCUT2D eigenvalue weighted by molar-refractivity contribution is -0.128. The summed E-state index contributed by atoms with van der Waals surface area (Å²) in [6.07, 6.45) is 23.3. The Kier molecular flexibility index (Phi) is 15.6. The van der Waals surface area contributed by atoms with Gasteiger partial charge in [0.05, 0.1) is 0 Å². The molecule has 52 heavy (non-hydrogen) atoms. The van der Waals surface area contributed by atoms with E-state index in [0.717, 1.165) is 29.2 Å². The minimum absolute atomic E-state index is 0.325. The first-order chi connectivity index (χ1) is 25.4. The van der Waals surface area contributed by atoms with Crippen molar-refractivity contribution in [3.8, 4) is 33.8 Å². The molecule has 3 nitrogen and oxygen atoms in total. The molecule has 0 aliphatic heterocycles. The number of benzene rings is 4. The van der Waals surface area contributed by atoms with Crippen LogP contribution in [0.2, 0.25) is 0 Å². The van der Waals surface area contributed by atoms with Gasteiger partial charge in [-0.05, 0) is 133 Å². The maximum absolute atomic E-state index is 11.3. The quantitative estimate of drug-likeness (QED) is 0.0617. The molecule has 276 valence electrons. The number of rotatable bonds is 14. The van der Waals surface area contributed by atoms with Crippen LogP contribution in [0.1, 0.15) is 140 Å². The van der Waals surface area contributed by atoms with Crippen LogP contribution in [0.15, 0.2) is 110 Å². The number of unbranched alkanes of at least 4 members (excludes halogenated alkanes) is 4. The fourth-order valence-corrected chi connectivity index (χ4v) is 8.36. The Morgan fingerprint density at radius 3 is 1.31 bits per heavy atom. The SMILES string of the molecule is C=CC(=O)Oc1ccc(-c2ccc(C3CCC(CCCCC)CC3)cc2)cc1.CCCCCC1CCC(c2ccc(-c3ccc(O)cc3)cc2)CC1. The first kappa shape index (κ1) is 39.1. The number of hydrogen-bond acceptors (Lipinski definition) is 3. The van der Waals surface area contributed by atoms with Gasteiger partial charge in [0.2, 0.25) is 0 Å². The lowest BCUT2D eigenvalue weighted by Gasteiger charge is -2.29. The van der Waals surface area contributed by atoms with Gasteiger partial charge < -0.3 is 9.84 Å². The molecule has 0 amide bonds. The molecule has 2 aliphatic rings. The van der Waals surface area contributed by atoms with Crippen molar-refractivity contribution in [2.75, 3.05) is 0 Å². The third-order valence-electron chi connectivity index (χ3n) is 11.7. The molecule has 2 fully saturated rings. The maximum Gasteiger partial charge on any atom is 0.335 e. The Morgan fingerprint density at radius 2 is 0.942 bits per heavy atom. The van der Waals surface area contributed by atoms with Crippen molar-refractivity contribution in [1.29, 1.82) is 0 Å². The smallest absolute Gasteiger partial charge is 0.335 e. The molecule has 4 aromatic carbocycles. The average Bonchev–Trinajstić information content (AvgIpc) is 3.20. The zero-order valence-corrected chi connectivity index (χ0v) is 31.9. The van der Waals surface area contributed by atoms with E-state index in [-0.39, 0.29) is 0 Å². The van der Waals surface area contributed by atoms with E-state index in [4.69, 9.17) is 4.74 Å². The van der Waals surface area contributed by atoms with Gasteiger partial charge in [-0.3, -0.25) is 0 Å². The van der Waals surface area contributed by atoms with Crippen LogP contribution in [-0.2, 0) is 4.79 Å². The Bertz CT molecular complexity index is 1600. The Hall–Kier alpha value is -4.11. The number of phenols is 1. The summed E-state index contributed by atoms with van der Waals surface area (Å²) in [7, 11) is 0. The van der Waals surface area contributed by atoms with Crippen molar-refractivity contribution in [2.24, 2.45) is 11.8 Å². The highest BCUT2D eigenvalue weighted by molar-refractivity contribution is 5.83. The second kappa shape index (κ2) is 20.8. The Balaban J connectivity index is 0.000000203. The first-order valence-electron chi connectivity index (χ1n) is 20.4. The molecular formula is C49H62O3. The average molecular weight is 699 g/mol. The van der Waals surface area contributed by atoms with Crippen LogP contribution < -0.4 is 4.74 Å². The van der Waals surface area contributed by atoms with E-state index in [0.29, 0.717) is 11.5 Å². The second-order valence-corrected chi connectivity index (χ2v) is 15.4. The van der Waals surface area contributed by atoms with Gasteiger partial charge >= 0.3 is 5.97 Å². The molecular weight excluding hydrogens is 637 g/mol. The summed E-state index contributed by atoms with van der Waals surface area (Å²) in [6, 6.07) is 33.2. The largest absolute Gasteiger partial charge is 0.508 e. The van der Waals surface area contributed by atoms with Crippen LogP contribution in [0.5, 0.6) is 11.5 Å². The van der Waals surface area contributed by atoms with Crippen LogP contribution >= 0.6 is 0 Å². The monoisotopic (exact) mass is 698 g/mol. The van der Waals surface area contributed by atoms with Crippen LogP contribution in [0.4, 0.5) is 0 Å². The zero-order chi connectivity index (χ0) is 36.5. The molecule has 1 N–H and O–H groups in total. The van der Waals surface area contributed by atoms with Gasteiger partial charge in [-0.1, -0.05) is 145 Å². The molecule has 0 saturated heterocycles. The molecule has 3 heteroatoms. The predicted octanol–water partition coefficient (Wildman–Crippen LogP) is 14.2. The first-order valence-corrected chi connectivity index (χ1v) is 20.4. The van der Waals surface area contributed by atoms with Gasteiger partial charge in [0.15, 0.2) is 0 Å². The third kappa shape index (κ3) is 12.0. The van der Waals surface area contributed by atoms with E-state index < -0.39 is 5.97 Å². The van der Waals surface area contributed by atoms with Crippen LogP contribution in [-0.4, -0.2) is 11.1 Å². The van der Waals surface area contributed by atoms with Gasteiger partial charge in [0, 0.05) is 6.08 Å². The molecule has 2 saturated carbocycles. The second-order valence-electron chi connectivity index (χ2n) is 15.4. The van der Waals surface area contributed by atoms with Crippen molar-refractivity contribution in [3.63, 3.8) is 0 Å².